The van der Waals surface area contributed by atoms with Gasteiger partial charge in [-0.15, -0.1) is 0 Å². The van der Waals surface area contributed by atoms with Gasteiger partial charge in [-0.3, -0.25) is 4.79 Å². The molecular formula is C22H18FN3O2. The largest absolute Gasteiger partial charge is 0.361 e. The average Bonchev–Trinajstić information content (AvgIpc) is 3.36. The van der Waals surface area contributed by atoms with Crippen LogP contribution in [-0.4, -0.2) is 20.9 Å². The van der Waals surface area contributed by atoms with E-state index >= 15 is 0 Å². The van der Waals surface area contributed by atoms with E-state index in [0.29, 0.717) is 28.3 Å². The van der Waals surface area contributed by atoms with Crippen molar-refractivity contribution in [1.82, 2.24) is 15.1 Å². The minimum absolute atomic E-state index is 0.188. The van der Waals surface area contributed by atoms with Gasteiger partial charge in [0.05, 0.1) is 22.3 Å². The number of ketones is 1. The van der Waals surface area contributed by atoms with Crippen molar-refractivity contribution in [2.45, 2.75) is 32.6 Å². The minimum atomic E-state index is -0.373. The normalized spacial score (nSPS) is 14.0. The maximum Gasteiger partial charge on any atom is 0.195 e. The number of aromatic amines is 1. The van der Waals surface area contributed by atoms with Crippen LogP contribution >= 0.6 is 0 Å². The van der Waals surface area contributed by atoms with Crippen LogP contribution in [-0.2, 0) is 0 Å². The molecule has 0 atom stereocenters. The second kappa shape index (κ2) is 6.12. The number of carbonyl (C=O) groups excluding carboxylic acids is 1. The maximum absolute atomic E-state index is 13.3. The van der Waals surface area contributed by atoms with Crippen LogP contribution in [0.3, 0.4) is 0 Å². The molecule has 0 spiro atoms. The lowest BCUT2D eigenvalue weighted by Crippen LogP contribution is -2.03. The highest BCUT2D eigenvalue weighted by Gasteiger charge is 2.28. The zero-order valence-corrected chi connectivity index (χ0v) is 15.5. The monoisotopic (exact) mass is 375 g/mol. The lowest BCUT2D eigenvalue weighted by atomic mass is 9.96. The molecular weight excluding hydrogens is 357 g/mol. The van der Waals surface area contributed by atoms with Crippen LogP contribution in [0.25, 0.3) is 22.2 Å². The number of hydrogen-bond acceptors (Lipinski definition) is 4. The van der Waals surface area contributed by atoms with E-state index in [2.05, 4.69) is 10.1 Å². The van der Waals surface area contributed by atoms with Gasteiger partial charge in [-0.1, -0.05) is 5.16 Å². The Labute approximate surface area is 160 Å². The highest BCUT2D eigenvalue weighted by atomic mass is 19.1. The van der Waals surface area contributed by atoms with Gasteiger partial charge in [0, 0.05) is 17.0 Å². The van der Waals surface area contributed by atoms with Crippen molar-refractivity contribution in [2.75, 3.05) is 0 Å². The van der Waals surface area contributed by atoms with E-state index in [1.807, 2.05) is 26.0 Å². The highest BCUT2D eigenvalue weighted by molar-refractivity contribution is 6.16. The zero-order valence-electron chi connectivity index (χ0n) is 15.5. The number of nitrogens with one attached hydrogen (secondary N) is 1. The average molecular weight is 375 g/mol. The summed E-state index contributed by atoms with van der Waals surface area (Å²) in [5, 5.41) is 4.03. The SMILES string of the molecule is Cc1noc(C)c1-c1cc(C(=O)c2ccc(F)cc2)c2nc(C3CC3)[nH]c2c1. The van der Waals surface area contributed by atoms with E-state index in [4.69, 9.17) is 9.51 Å². The van der Waals surface area contributed by atoms with Crippen LogP contribution in [0.2, 0.25) is 0 Å². The van der Waals surface area contributed by atoms with Crippen LogP contribution in [0.4, 0.5) is 4.39 Å². The summed E-state index contributed by atoms with van der Waals surface area (Å²) in [6.07, 6.45) is 2.22. The van der Waals surface area contributed by atoms with Crippen LogP contribution in [0.15, 0.2) is 40.9 Å². The third-order valence-electron chi connectivity index (χ3n) is 5.24. The Kier molecular flexibility index (Phi) is 3.69. The number of halogens is 1. The molecule has 28 heavy (non-hydrogen) atoms. The van der Waals surface area contributed by atoms with Crippen molar-refractivity contribution < 1.29 is 13.7 Å². The number of nitrogens with zero attached hydrogens (tertiary/aromatic N) is 2. The zero-order chi connectivity index (χ0) is 19.4. The molecule has 2 heterocycles. The summed E-state index contributed by atoms with van der Waals surface area (Å²) in [5.74, 6) is 1.48. The summed E-state index contributed by atoms with van der Waals surface area (Å²) >= 11 is 0. The molecule has 1 aliphatic rings. The lowest BCUT2D eigenvalue weighted by Gasteiger charge is -2.07. The molecule has 2 aromatic heterocycles. The fourth-order valence-corrected chi connectivity index (χ4v) is 3.66. The molecule has 0 unspecified atom stereocenters. The van der Waals surface area contributed by atoms with Gasteiger partial charge in [0.1, 0.15) is 17.4 Å². The standard InChI is InChI=1S/C22H18FN3O2/c1-11-19(12(2)28-26-11)15-9-17(21(27)13-5-7-16(23)8-6-13)20-18(10-15)24-22(25-20)14-3-4-14/h5-10,14H,3-4H2,1-2H3,(H,24,25). The van der Waals surface area contributed by atoms with E-state index in [1.165, 1.54) is 24.3 Å². The highest BCUT2D eigenvalue weighted by Crippen LogP contribution is 2.40. The Morgan fingerprint density at radius 2 is 1.93 bits per heavy atom. The third-order valence-corrected chi connectivity index (χ3v) is 5.24. The van der Waals surface area contributed by atoms with Gasteiger partial charge < -0.3 is 9.51 Å². The number of H-pyrrole nitrogens is 1. The van der Waals surface area contributed by atoms with E-state index in [9.17, 15) is 9.18 Å². The van der Waals surface area contributed by atoms with Crippen molar-refractivity contribution in [3.63, 3.8) is 0 Å². The van der Waals surface area contributed by atoms with Gasteiger partial charge in [0.15, 0.2) is 5.78 Å². The molecule has 0 radical (unpaired) electrons. The number of fused-ring (bicyclic) bond motifs is 1. The minimum Gasteiger partial charge on any atom is -0.361 e. The number of carbonyl (C=O) groups is 1. The number of imidazole rings is 1. The van der Waals surface area contributed by atoms with Gasteiger partial charge in [0.2, 0.25) is 0 Å². The Bertz CT molecular complexity index is 1200. The Morgan fingerprint density at radius 1 is 1.18 bits per heavy atom. The fraction of sp³-hybridized carbons (Fsp3) is 0.227. The summed E-state index contributed by atoms with van der Waals surface area (Å²) in [5.41, 5.74) is 4.85. The Balaban J connectivity index is 1.73. The van der Waals surface area contributed by atoms with E-state index < -0.39 is 0 Å². The smallest absolute Gasteiger partial charge is 0.195 e. The molecule has 0 bridgehead atoms. The number of aryl methyl sites for hydroxylation is 2. The Morgan fingerprint density at radius 3 is 2.57 bits per heavy atom. The molecule has 1 aliphatic carbocycles. The molecule has 1 N–H and O–H groups in total. The Hall–Kier alpha value is -3.28. The summed E-state index contributed by atoms with van der Waals surface area (Å²) in [4.78, 5) is 21.3. The maximum atomic E-state index is 13.3. The number of rotatable bonds is 4. The van der Waals surface area contributed by atoms with Crippen molar-refractivity contribution in [2.24, 2.45) is 0 Å². The summed E-state index contributed by atoms with van der Waals surface area (Å²) in [6.45, 7) is 3.73. The first-order chi connectivity index (χ1) is 13.5. The van der Waals surface area contributed by atoms with Crippen LogP contribution in [0.1, 0.15) is 52.0 Å². The van der Waals surface area contributed by atoms with Crippen LogP contribution in [0.5, 0.6) is 0 Å². The second-order valence-corrected chi connectivity index (χ2v) is 7.35. The quantitative estimate of drug-likeness (QED) is 0.505. The fourth-order valence-electron chi connectivity index (χ4n) is 3.66. The molecule has 0 amide bonds. The van der Waals surface area contributed by atoms with Crippen molar-refractivity contribution in [1.29, 1.82) is 0 Å². The van der Waals surface area contributed by atoms with Crippen molar-refractivity contribution in [3.05, 3.63) is 70.6 Å². The van der Waals surface area contributed by atoms with Crippen molar-refractivity contribution in [3.8, 4) is 11.1 Å². The first-order valence-corrected chi connectivity index (χ1v) is 9.28. The summed E-state index contributed by atoms with van der Waals surface area (Å²) in [7, 11) is 0. The van der Waals surface area contributed by atoms with Crippen molar-refractivity contribution >= 4 is 16.8 Å². The molecule has 140 valence electrons. The van der Waals surface area contributed by atoms with Gasteiger partial charge in [-0.05, 0) is 68.7 Å². The topological polar surface area (TPSA) is 71.8 Å². The molecule has 5 rings (SSSR count). The number of aromatic nitrogens is 3. The van der Waals surface area contributed by atoms with Gasteiger partial charge >= 0.3 is 0 Å². The second-order valence-electron chi connectivity index (χ2n) is 7.35. The molecule has 4 aromatic rings. The molecule has 6 heteroatoms. The number of benzene rings is 2. The number of hydrogen-bond donors (Lipinski definition) is 1. The first-order valence-electron chi connectivity index (χ1n) is 9.28. The summed E-state index contributed by atoms with van der Waals surface area (Å²) in [6, 6.07) is 9.41. The van der Waals surface area contributed by atoms with E-state index in [-0.39, 0.29) is 11.6 Å². The molecule has 1 saturated carbocycles. The first kappa shape index (κ1) is 16.9. The predicted molar refractivity (Wildman–Crippen MR) is 103 cm³/mol. The predicted octanol–water partition coefficient (Wildman–Crippen LogP) is 5.08. The molecule has 0 aliphatic heterocycles. The van der Waals surface area contributed by atoms with E-state index in [1.54, 1.807) is 0 Å². The molecule has 0 saturated heterocycles. The van der Waals surface area contributed by atoms with Gasteiger partial charge in [-0.2, -0.15) is 0 Å². The van der Waals surface area contributed by atoms with E-state index in [0.717, 1.165) is 41.0 Å². The van der Waals surface area contributed by atoms with Gasteiger partial charge in [-0.25, -0.2) is 9.37 Å². The van der Waals surface area contributed by atoms with Crippen LogP contribution in [0, 0.1) is 19.7 Å². The van der Waals surface area contributed by atoms with Gasteiger partial charge in [0.25, 0.3) is 0 Å². The summed E-state index contributed by atoms with van der Waals surface area (Å²) < 4.78 is 18.6. The van der Waals surface area contributed by atoms with Crippen LogP contribution < -0.4 is 0 Å². The molecule has 5 nitrogen and oxygen atoms in total. The third kappa shape index (κ3) is 2.72. The lowest BCUT2D eigenvalue weighted by molar-refractivity contribution is 0.104. The molecule has 2 aromatic carbocycles. The molecule has 1 fully saturated rings.